The lowest BCUT2D eigenvalue weighted by molar-refractivity contribution is 0.0692. The quantitative estimate of drug-likeness (QED) is 0.517. The largest absolute Gasteiger partial charge is 0.507 e. The van der Waals surface area contributed by atoms with Gasteiger partial charge in [-0.2, -0.15) is 0 Å². The number of ketones is 1. The van der Waals surface area contributed by atoms with E-state index in [4.69, 9.17) is 0 Å². The summed E-state index contributed by atoms with van der Waals surface area (Å²) in [5.41, 5.74) is 0.949. The zero-order valence-corrected chi connectivity index (χ0v) is 15.2. The number of anilines is 1. The molecule has 0 aromatic heterocycles. The second kappa shape index (κ2) is 9.04. The number of rotatable bonds is 9. The van der Waals surface area contributed by atoms with E-state index in [1.807, 2.05) is 6.92 Å². The molecule has 0 heterocycles. The highest BCUT2D eigenvalue weighted by molar-refractivity contribution is 6.15. The van der Waals surface area contributed by atoms with Crippen LogP contribution in [0.2, 0.25) is 0 Å². The number of aromatic carboxylic acids is 1. The summed E-state index contributed by atoms with van der Waals surface area (Å²) in [6.07, 6.45) is 3.35. The third kappa shape index (κ3) is 4.42. The molecule has 0 bridgehead atoms. The van der Waals surface area contributed by atoms with E-state index in [2.05, 4.69) is 11.8 Å². The zero-order valence-electron chi connectivity index (χ0n) is 15.2. The summed E-state index contributed by atoms with van der Waals surface area (Å²) < 4.78 is 0. The smallest absolute Gasteiger partial charge is 0.336 e. The van der Waals surface area contributed by atoms with Crippen LogP contribution in [0.1, 0.15) is 59.4 Å². The second-order valence-electron chi connectivity index (χ2n) is 6.17. The molecule has 2 rings (SSSR count). The Morgan fingerprint density at radius 3 is 2.23 bits per heavy atom. The number of hydrogen-bond donors (Lipinski definition) is 2. The Hall–Kier alpha value is -2.82. The number of carbonyl (C=O) groups excluding carboxylic acids is 1. The Morgan fingerprint density at radius 2 is 1.65 bits per heavy atom. The fourth-order valence-corrected chi connectivity index (χ4v) is 2.94. The summed E-state index contributed by atoms with van der Waals surface area (Å²) in [5.74, 6) is -1.80. The van der Waals surface area contributed by atoms with E-state index in [9.17, 15) is 19.8 Å². The molecule has 5 heteroatoms. The van der Waals surface area contributed by atoms with E-state index >= 15 is 0 Å². The van der Waals surface area contributed by atoms with Crippen molar-refractivity contribution in [3.8, 4) is 5.75 Å². The van der Waals surface area contributed by atoms with E-state index in [1.165, 1.54) is 12.1 Å². The molecule has 26 heavy (non-hydrogen) atoms. The molecule has 0 unspecified atom stereocenters. The fraction of sp³-hybridized carbons (Fsp3) is 0.333. The van der Waals surface area contributed by atoms with Gasteiger partial charge < -0.3 is 15.1 Å². The normalized spacial score (nSPS) is 10.5. The highest BCUT2D eigenvalue weighted by Crippen LogP contribution is 2.28. The number of carboxylic acids is 1. The lowest BCUT2D eigenvalue weighted by atomic mass is 9.97. The van der Waals surface area contributed by atoms with Crippen LogP contribution in [0.4, 0.5) is 5.69 Å². The van der Waals surface area contributed by atoms with Crippen LogP contribution in [0.3, 0.4) is 0 Å². The summed E-state index contributed by atoms with van der Waals surface area (Å²) in [7, 11) is 0. The molecule has 2 N–H and O–H groups in total. The molecular weight excluding hydrogens is 330 g/mol. The molecule has 2 aromatic carbocycles. The van der Waals surface area contributed by atoms with Gasteiger partial charge in [-0.25, -0.2) is 4.79 Å². The molecule has 0 spiro atoms. The van der Waals surface area contributed by atoms with Gasteiger partial charge in [0.1, 0.15) is 5.75 Å². The number of benzene rings is 2. The first-order valence-corrected chi connectivity index (χ1v) is 8.94. The molecule has 0 saturated heterocycles. The van der Waals surface area contributed by atoms with Gasteiger partial charge in [0.2, 0.25) is 0 Å². The van der Waals surface area contributed by atoms with Gasteiger partial charge in [0.15, 0.2) is 5.78 Å². The standard InChI is InChI=1S/C21H25NO4/c1-3-5-8-13-22(4-2)15-11-12-18(19(23)14-15)20(24)16-9-6-7-10-17(16)21(25)26/h6-7,9-12,14,23H,3-5,8,13H2,1-2H3,(H,25,26). The molecule has 0 radical (unpaired) electrons. The van der Waals surface area contributed by atoms with Crippen molar-refractivity contribution in [1.29, 1.82) is 0 Å². The predicted molar refractivity (Wildman–Crippen MR) is 102 cm³/mol. The monoisotopic (exact) mass is 355 g/mol. The maximum atomic E-state index is 12.7. The lowest BCUT2D eigenvalue weighted by Gasteiger charge is -2.23. The predicted octanol–water partition coefficient (Wildman–Crippen LogP) is 4.34. The Balaban J connectivity index is 2.29. The van der Waals surface area contributed by atoms with Crippen LogP contribution in [0, 0.1) is 0 Å². The highest BCUT2D eigenvalue weighted by atomic mass is 16.4. The fourth-order valence-electron chi connectivity index (χ4n) is 2.94. The lowest BCUT2D eigenvalue weighted by Crippen LogP contribution is -2.23. The van der Waals surface area contributed by atoms with Crippen LogP contribution in [0.5, 0.6) is 5.75 Å². The van der Waals surface area contributed by atoms with E-state index in [-0.39, 0.29) is 22.4 Å². The minimum Gasteiger partial charge on any atom is -0.507 e. The van der Waals surface area contributed by atoms with Crippen molar-refractivity contribution < 1.29 is 19.8 Å². The van der Waals surface area contributed by atoms with Gasteiger partial charge >= 0.3 is 5.97 Å². The number of aromatic hydroxyl groups is 1. The number of unbranched alkanes of at least 4 members (excludes halogenated alkanes) is 2. The van der Waals surface area contributed by atoms with Gasteiger partial charge in [-0.1, -0.05) is 38.0 Å². The van der Waals surface area contributed by atoms with Crippen LogP contribution in [-0.4, -0.2) is 35.1 Å². The Kier molecular flexibility index (Phi) is 6.78. The van der Waals surface area contributed by atoms with Crippen molar-refractivity contribution in [1.82, 2.24) is 0 Å². The summed E-state index contributed by atoms with van der Waals surface area (Å²) in [6.45, 7) is 5.89. The van der Waals surface area contributed by atoms with Crippen LogP contribution >= 0.6 is 0 Å². The van der Waals surface area contributed by atoms with Gasteiger partial charge in [0.25, 0.3) is 0 Å². The zero-order chi connectivity index (χ0) is 19.1. The number of nitrogens with zero attached hydrogens (tertiary/aromatic N) is 1. The van der Waals surface area contributed by atoms with E-state index < -0.39 is 11.8 Å². The summed E-state index contributed by atoms with van der Waals surface area (Å²) in [6, 6.07) is 11.0. The number of phenols is 1. The number of hydrogen-bond acceptors (Lipinski definition) is 4. The maximum absolute atomic E-state index is 12.7. The average molecular weight is 355 g/mol. The number of carboxylic acid groups (broad SMARTS) is 1. The van der Waals surface area contributed by atoms with Gasteiger partial charge in [-0.3, -0.25) is 4.79 Å². The topological polar surface area (TPSA) is 77.8 Å². The van der Waals surface area contributed by atoms with Gasteiger partial charge in [-0.05, 0) is 31.5 Å². The summed E-state index contributed by atoms with van der Waals surface area (Å²) in [4.78, 5) is 26.2. The molecule has 0 saturated carbocycles. The van der Waals surface area contributed by atoms with Crippen molar-refractivity contribution in [2.45, 2.75) is 33.1 Å². The minimum atomic E-state index is -1.17. The molecule has 0 amide bonds. The number of carbonyl (C=O) groups is 2. The van der Waals surface area contributed by atoms with E-state index in [0.717, 1.165) is 38.0 Å². The Morgan fingerprint density at radius 1 is 0.962 bits per heavy atom. The molecule has 5 nitrogen and oxygen atoms in total. The SMILES string of the molecule is CCCCCN(CC)c1ccc(C(=O)c2ccccc2C(=O)O)c(O)c1. The van der Waals surface area contributed by atoms with Gasteiger partial charge in [0.05, 0.1) is 11.1 Å². The molecule has 0 fully saturated rings. The molecule has 0 aliphatic heterocycles. The van der Waals surface area contributed by atoms with Crippen LogP contribution in [-0.2, 0) is 0 Å². The van der Waals surface area contributed by atoms with Crippen LogP contribution in [0.15, 0.2) is 42.5 Å². The van der Waals surface area contributed by atoms with Crippen molar-refractivity contribution in [3.05, 3.63) is 59.2 Å². The average Bonchev–Trinajstić information content (AvgIpc) is 2.64. The first kappa shape index (κ1) is 19.5. The first-order valence-electron chi connectivity index (χ1n) is 8.94. The van der Waals surface area contributed by atoms with Crippen LogP contribution < -0.4 is 4.90 Å². The molecule has 2 aromatic rings. The Bertz CT molecular complexity index is 785. The minimum absolute atomic E-state index is 0.0679. The molecule has 0 aliphatic carbocycles. The van der Waals surface area contributed by atoms with Gasteiger partial charge in [-0.15, -0.1) is 0 Å². The highest BCUT2D eigenvalue weighted by Gasteiger charge is 2.20. The van der Waals surface area contributed by atoms with Gasteiger partial charge in [0, 0.05) is 30.4 Å². The summed E-state index contributed by atoms with van der Waals surface area (Å²) in [5, 5.41) is 19.6. The third-order valence-electron chi connectivity index (χ3n) is 4.41. The van der Waals surface area contributed by atoms with Crippen molar-refractivity contribution in [2.24, 2.45) is 0 Å². The molecule has 0 aliphatic rings. The second-order valence-corrected chi connectivity index (χ2v) is 6.17. The molecule has 0 atom stereocenters. The van der Waals surface area contributed by atoms with E-state index in [1.54, 1.807) is 30.3 Å². The molecular formula is C21H25NO4. The first-order chi connectivity index (χ1) is 12.5. The maximum Gasteiger partial charge on any atom is 0.336 e. The van der Waals surface area contributed by atoms with E-state index in [0.29, 0.717) is 0 Å². The van der Waals surface area contributed by atoms with Crippen molar-refractivity contribution >= 4 is 17.4 Å². The van der Waals surface area contributed by atoms with Crippen molar-refractivity contribution in [2.75, 3.05) is 18.0 Å². The summed E-state index contributed by atoms with van der Waals surface area (Å²) >= 11 is 0. The third-order valence-corrected chi connectivity index (χ3v) is 4.41. The van der Waals surface area contributed by atoms with Crippen LogP contribution in [0.25, 0.3) is 0 Å². The molecule has 138 valence electrons. The number of phenolic OH excluding ortho intramolecular Hbond substituents is 1. The Labute approximate surface area is 153 Å². The van der Waals surface area contributed by atoms with Crippen molar-refractivity contribution in [3.63, 3.8) is 0 Å².